The SMILES string of the molecule is C[C@@H]1C[C@H]2[C@@H]3CCC4=CC(=O)C=C[C@]4(C)[C@@]3(F)[C@@H](O)C[C@]2(C)[C@@]1(O)C(=O)COC(=O)CCCCCN.Cl. The lowest BCUT2D eigenvalue weighted by Gasteiger charge is -2.62. The van der Waals surface area contributed by atoms with Crippen molar-refractivity contribution in [2.24, 2.45) is 34.3 Å². The van der Waals surface area contributed by atoms with Crippen LogP contribution >= 0.6 is 12.4 Å². The van der Waals surface area contributed by atoms with Crippen molar-refractivity contribution in [3.63, 3.8) is 0 Å². The van der Waals surface area contributed by atoms with Crippen LogP contribution in [0.25, 0.3) is 0 Å². The second-order valence-electron chi connectivity index (χ2n) is 11.9. The van der Waals surface area contributed by atoms with E-state index in [1.54, 1.807) is 26.8 Å². The second-order valence-corrected chi connectivity index (χ2v) is 11.9. The zero-order valence-electron chi connectivity index (χ0n) is 22.0. The normalized spacial score (nSPS) is 42.1. The molecule has 3 fully saturated rings. The van der Waals surface area contributed by atoms with Crippen LogP contribution in [0, 0.1) is 28.6 Å². The van der Waals surface area contributed by atoms with E-state index in [0.29, 0.717) is 37.8 Å². The molecule has 8 atom stereocenters. The van der Waals surface area contributed by atoms with Crippen LogP contribution in [0.2, 0.25) is 0 Å². The summed E-state index contributed by atoms with van der Waals surface area (Å²) in [4.78, 5) is 37.5. The van der Waals surface area contributed by atoms with E-state index in [0.717, 1.165) is 12.8 Å². The summed E-state index contributed by atoms with van der Waals surface area (Å²) in [6.45, 7) is 5.29. The van der Waals surface area contributed by atoms with Crippen LogP contribution in [-0.4, -0.2) is 58.3 Å². The molecule has 0 aliphatic heterocycles. The van der Waals surface area contributed by atoms with Crippen LogP contribution < -0.4 is 5.73 Å². The Morgan fingerprint density at radius 2 is 1.92 bits per heavy atom. The number of rotatable bonds is 8. The fourth-order valence-corrected chi connectivity index (χ4v) is 8.06. The van der Waals surface area contributed by atoms with Gasteiger partial charge in [0.1, 0.15) is 5.60 Å². The Hall–Kier alpha value is -1.61. The first-order valence-corrected chi connectivity index (χ1v) is 13.3. The zero-order chi connectivity index (χ0) is 26.5. The van der Waals surface area contributed by atoms with Crippen LogP contribution in [0.4, 0.5) is 4.39 Å². The van der Waals surface area contributed by atoms with Crippen molar-refractivity contribution >= 4 is 29.9 Å². The number of halogens is 2. The fourth-order valence-electron chi connectivity index (χ4n) is 8.06. The standard InChI is InChI=1S/C28H40FNO6.ClH/c1-17-13-21-20-9-8-18-14-19(31)10-11-25(18,2)27(20,29)22(32)15-26(21,3)28(17,35)23(33)16-36-24(34)7-5-4-6-12-30;/h10-11,14,17,20-22,32,35H,4-9,12-13,15-16,30H2,1-3H3;1H/t17-,20+,21+,22+,25+,26+,27+,28+;/m1./s1. The summed E-state index contributed by atoms with van der Waals surface area (Å²) in [5, 5.41) is 23.3. The molecule has 0 amide bonds. The van der Waals surface area contributed by atoms with Gasteiger partial charge in [-0.1, -0.05) is 31.9 Å². The number of unbranched alkanes of at least 4 members (excludes halogenated alkanes) is 2. The summed E-state index contributed by atoms with van der Waals surface area (Å²) in [5.41, 5.74) is 0.0637. The van der Waals surface area contributed by atoms with Gasteiger partial charge in [0.15, 0.2) is 18.1 Å². The minimum absolute atomic E-state index is 0. The molecule has 0 saturated heterocycles. The molecule has 3 saturated carbocycles. The Kier molecular flexibility index (Phi) is 8.51. The van der Waals surface area contributed by atoms with Crippen LogP contribution in [-0.2, 0) is 19.1 Å². The van der Waals surface area contributed by atoms with Gasteiger partial charge in [-0.05, 0) is 76.0 Å². The minimum atomic E-state index is -2.03. The number of carbonyl (C=O) groups excluding carboxylic acids is 3. The predicted molar refractivity (Wildman–Crippen MR) is 139 cm³/mol. The molecule has 0 aromatic rings. The van der Waals surface area contributed by atoms with Gasteiger partial charge in [0.2, 0.25) is 5.78 Å². The largest absolute Gasteiger partial charge is 0.458 e. The smallest absolute Gasteiger partial charge is 0.306 e. The predicted octanol–water partition coefficient (Wildman–Crippen LogP) is 3.39. The van der Waals surface area contributed by atoms with Gasteiger partial charge < -0.3 is 20.7 Å². The Morgan fingerprint density at radius 1 is 1.22 bits per heavy atom. The van der Waals surface area contributed by atoms with Crippen molar-refractivity contribution in [2.45, 2.75) is 89.5 Å². The number of alkyl halides is 1. The van der Waals surface area contributed by atoms with Crippen molar-refractivity contribution < 1.29 is 33.7 Å². The molecular weight excluding hydrogens is 501 g/mol. The van der Waals surface area contributed by atoms with E-state index in [1.165, 1.54) is 12.2 Å². The summed E-state index contributed by atoms with van der Waals surface area (Å²) >= 11 is 0. The molecule has 4 rings (SSSR count). The molecule has 4 aliphatic carbocycles. The molecule has 37 heavy (non-hydrogen) atoms. The van der Waals surface area contributed by atoms with Gasteiger partial charge in [-0.2, -0.15) is 0 Å². The highest BCUT2D eigenvalue weighted by Crippen LogP contribution is 2.70. The van der Waals surface area contributed by atoms with Crippen molar-refractivity contribution in [3.05, 3.63) is 23.8 Å². The first kappa shape index (κ1) is 29.9. The third-order valence-corrected chi connectivity index (χ3v) is 10.1. The van der Waals surface area contributed by atoms with Gasteiger partial charge in [0.05, 0.1) is 6.10 Å². The highest BCUT2D eigenvalue weighted by atomic mass is 35.5. The molecule has 0 radical (unpaired) electrons. The lowest BCUT2D eigenvalue weighted by atomic mass is 9.44. The number of carbonyl (C=O) groups is 3. The van der Waals surface area contributed by atoms with E-state index in [-0.39, 0.29) is 36.9 Å². The first-order chi connectivity index (χ1) is 16.9. The monoisotopic (exact) mass is 541 g/mol. The second kappa shape index (κ2) is 10.5. The Balaban J connectivity index is 0.00000380. The average Bonchev–Trinajstić information content (AvgIpc) is 3.03. The molecule has 0 bridgehead atoms. The van der Waals surface area contributed by atoms with Gasteiger partial charge >= 0.3 is 5.97 Å². The number of hydrogen-bond donors (Lipinski definition) is 3. The average molecular weight is 542 g/mol. The number of ether oxygens (including phenoxy) is 1. The van der Waals surface area contributed by atoms with Gasteiger partial charge in [-0.3, -0.25) is 14.4 Å². The van der Waals surface area contributed by atoms with Crippen LogP contribution in [0.5, 0.6) is 0 Å². The summed E-state index contributed by atoms with van der Waals surface area (Å²) in [5.74, 6) is -2.72. The van der Waals surface area contributed by atoms with E-state index in [1.807, 2.05) is 0 Å². The highest BCUT2D eigenvalue weighted by molar-refractivity contribution is 6.01. The van der Waals surface area contributed by atoms with E-state index in [9.17, 15) is 24.6 Å². The van der Waals surface area contributed by atoms with Crippen molar-refractivity contribution in [1.82, 2.24) is 0 Å². The number of aliphatic hydroxyl groups excluding tert-OH is 1. The van der Waals surface area contributed by atoms with E-state index < -0.39 is 58.4 Å². The van der Waals surface area contributed by atoms with E-state index >= 15 is 4.39 Å². The Labute approximate surface area is 224 Å². The molecule has 9 heteroatoms. The number of aliphatic hydroxyl groups is 2. The summed E-state index contributed by atoms with van der Waals surface area (Å²) in [6, 6.07) is 0. The Morgan fingerprint density at radius 3 is 2.59 bits per heavy atom. The minimum Gasteiger partial charge on any atom is -0.458 e. The van der Waals surface area contributed by atoms with Crippen molar-refractivity contribution in [3.8, 4) is 0 Å². The fraction of sp³-hybridized carbons (Fsp3) is 0.750. The summed E-state index contributed by atoms with van der Waals surface area (Å²) in [7, 11) is 0. The molecule has 208 valence electrons. The number of Topliss-reactive ketones (excluding diaryl/α,β-unsaturated/α-hetero) is 1. The number of esters is 1. The van der Waals surface area contributed by atoms with E-state index in [4.69, 9.17) is 10.5 Å². The number of hydrogen-bond acceptors (Lipinski definition) is 7. The molecule has 0 spiro atoms. The molecule has 0 unspecified atom stereocenters. The molecule has 4 N–H and O–H groups in total. The molecule has 0 heterocycles. The van der Waals surface area contributed by atoms with Crippen LogP contribution in [0.3, 0.4) is 0 Å². The van der Waals surface area contributed by atoms with E-state index in [2.05, 4.69) is 0 Å². The summed E-state index contributed by atoms with van der Waals surface area (Å²) < 4.78 is 22.4. The lowest BCUT2D eigenvalue weighted by molar-refractivity contribution is -0.220. The Bertz CT molecular complexity index is 1000. The quantitative estimate of drug-likeness (QED) is 0.317. The molecule has 4 aliphatic rings. The summed E-state index contributed by atoms with van der Waals surface area (Å²) in [6.07, 6.45) is 6.67. The van der Waals surface area contributed by atoms with Gasteiger partial charge in [0, 0.05) is 23.2 Å². The maximum absolute atomic E-state index is 17.2. The third-order valence-electron chi connectivity index (χ3n) is 10.1. The van der Waals surface area contributed by atoms with Gasteiger partial charge in [-0.25, -0.2) is 4.39 Å². The van der Waals surface area contributed by atoms with Crippen molar-refractivity contribution in [2.75, 3.05) is 13.2 Å². The molecule has 0 aromatic heterocycles. The zero-order valence-corrected chi connectivity index (χ0v) is 22.8. The third kappa shape index (κ3) is 4.32. The number of ketones is 2. The maximum Gasteiger partial charge on any atom is 0.306 e. The number of nitrogens with two attached hydrogens (primary N) is 1. The number of allylic oxidation sites excluding steroid dienone is 4. The van der Waals surface area contributed by atoms with Gasteiger partial charge in [-0.15, -0.1) is 12.4 Å². The number of fused-ring (bicyclic) bond motifs is 5. The topological polar surface area (TPSA) is 127 Å². The molecule has 0 aromatic carbocycles. The highest BCUT2D eigenvalue weighted by Gasteiger charge is 2.75. The van der Waals surface area contributed by atoms with Crippen molar-refractivity contribution in [1.29, 1.82) is 0 Å². The van der Waals surface area contributed by atoms with Crippen LogP contribution in [0.15, 0.2) is 23.8 Å². The van der Waals surface area contributed by atoms with Gasteiger partial charge in [0.25, 0.3) is 0 Å². The molecular formula is C28H41ClFNO6. The lowest BCUT2D eigenvalue weighted by Crippen LogP contribution is -2.69. The maximum atomic E-state index is 17.2. The first-order valence-electron chi connectivity index (χ1n) is 13.3. The van der Waals surface area contributed by atoms with Crippen LogP contribution in [0.1, 0.15) is 72.1 Å². The molecule has 7 nitrogen and oxygen atoms in total.